The highest BCUT2D eigenvalue weighted by Crippen LogP contribution is 2.16. The first-order valence-electron chi connectivity index (χ1n) is 4.85. The Kier molecular flexibility index (Phi) is 5.25. The molecule has 1 aromatic rings. The number of carboxylic acids is 1. The van der Waals surface area contributed by atoms with Crippen LogP contribution < -0.4 is 5.32 Å². The van der Waals surface area contributed by atoms with Crippen molar-refractivity contribution < 1.29 is 14.6 Å². The molecule has 0 aliphatic carbocycles. The number of benzene rings is 1. The third-order valence-corrected chi connectivity index (χ3v) is 2.36. The first kappa shape index (κ1) is 13.0. The van der Waals surface area contributed by atoms with E-state index < -0.39 is 12.0 Å². The molecule has 2 N–H and O–H groups in total. The van der Waals surface area contributed by atoms with Crippen molar-refractivity contribution in [2.45, 2.75) is 6.04 Å². The van der Waals surface area contributed by atoms with Crippen LogP contribution in [0.25, 0.3) is 0 Å². The van der Waals surface area contributed by atoms with Crippen molar-refractivity contribution in [1.29, 1.82) is 0 Å². The lowest BCUT2D eigenvalue weighted by atomic mass is 10.1. The molecule has 0 aliphatic heterocycles. The third kappa shape index (κ3) is 3.81. The lowest BCUT2D eigenvalue weighted by Gasteiger charge is -2.14. The monoisotopic (exact) mass is 243 g/mol. The van der Waals surface area contributed by atoms with Crippen molar-refractivity contribution in [2.75, 3.05) is 20.3 Å². The molecule has 1 aromatic carbocycles. The van der Waals surface area contributed by atoms with Gasteiger partial charge in [0, 0.05) is 18.7 Å². The Morgan fingerprint density at radius 2 is 2.12 bits per heavy atom. The van der Waals surface area contributed by atoms with Gasteiger partial charge in [-0.15, -0.1) is 0 Å². The van der Waals surface area contributed by atoms with Gasteiger partial charge in [-0.1, -0.05) is 23.7 Å². The summed E-state index contributed by atoms with van der Waals surface area (Å²) in [6.07, 6.45) is 0. The fourth-order valence-corrected chi connectivity index (χ4v) is 1.43. The number of carboxylic acid groups (broad SMARTS) is 1. The predicted molar refractivity (Wildman–Crippen MR) is 61.7 cm³/mol. The first-order valence-corrected chi connectivity index (χ1v) is 5.23. The number of carbonyl (C=O) groups is 1. The summed E-state index contributed by atoms with van der Waals surface area (Å²) in [4.78, 5) is 11.0. The van der Waals surface area contributed by atoms with Gasteiger partial charge in [-0.3, -0.25) is 10.1 Å². The summed E-state index contributed by atoms with van der Waals surface area (Å²) in [5.41, 5.74) is 0.674. The van der Waals surface area contributed by atoms with Crippen LogP contribution >= 0.6 is 11.6 Å². The summed E-state index contributed by atoms with van der Waals surface area (Å²) in [5, 5.41) is 12.5. The molecule has 0 aliphatic rings. The lowest BCUT2D eigenvalue weighted by molar-refractivity contribution is -0.139. The number of hydrogen-bond donors (Lipinski definition) is 2. The van der Waals surface area contributed by atoms with Gasteiger partial charge >= 0.3 is 5.97 Å². The maximum Gasteiger partial charge on any atom is 0.325 e. The molecule has 0 bridgehead atoms. The zero-order valence-electron chi connectivity index (χ0n) is 8.94. The van der Waals surface area contributed by atoms with Gasteiger partial charge in [0.2, 0.25) is 0 Å². The van der Waals surface area contributed by atoms with Crippen LogP contribution in [-0.4, -0.2) is 31.3 Å². The van der Waals surface area contributed by atoms with E-state index in [0.29, 0.717) is 23.7 Å². The minimum absolute atomic E-state index is 0.470. The molecule has 0 aromatic heterocycles. The van der Waals surface area contributed by atoms with Gasteiger partial charge in [0.05, 0.1) is 6.61 Å². The fraction of sp³-hybridized carbons (Fsp3) is 0.364. The van der Waals surface area contributed by atoms with E-state index in [1.54, 1.807) is 31.4 Å². The summed E-state index contributed by atoms with van der Waals surface area (Å²) in [6.45, 7) is 0.952. The highest BCUT2D eigenvalue weighted by molar-refractivity contribution is 6.30. The molecule has 1 unspecified atom stereocenters. The van der Waals surface area contributed by atoms with Crippen LogP contribution in [0.3, 0.4) is 0 Å². The Labute approximate surface area is 99.2 Å². The van der Waals surface area contributed by atoms with Crippen LogP contribution in [-0.2, 0) is 9.53 Å². The van der Waals surface area contributed by atoms with Crippen molar-refractivity contribution in [3.63, 3.8) is 0 Å². The summed E-state index contributed by atoms with van der Waals surface area (Å²) < 4.78 is 4.85. The average molecular weight is 244 g/mol. The molecule has 4 nitrogen and oxygen atoms in total. The molecule has 16 heavy (non-hydrogen) atoms. The van der Waals surface area contributed by atoms with Gasteiger partial charge in [-0.2, -0.15) is 0 Å². The average Bonchev–Trinajstić information content (AvgIpc) is 2.26. The molecule has 0 saturated carbocycles. The molecule has 1 rings (SSSR count). The molecule has 0 radical (unpaired) electrons. The topological polar surface area (TPSA) is 58.6 Å². The van der Waals surface area contributed by atoms with Crippen molar-refractivity contribution in [3.8, 4) is 0 Å². The number of hydrogen-bond acceptors (Lipinski definition) is 3. The van der Waals surface area contributed by atoms with Gasteiger partial charge in [0.15, 0.2) is 0 Å². The Morgan fingerprint density at radius 1 is 1.50 bits per heavy atom. The lowest BCUT2D eigenvalue weighted by Crippen LogP contribution is -2.30. The molecule has 0 saturated heterocycles. The number of ether oxygens (including phenoxy) is 1. The van der Waals surface area contributed by atoms with Crippen molar-refractivity contribution in [3.05, 3.63) is 34.9 Å². The van der Waals surface area contributed by atoms with E-state index in [2.05, 4.69) is 5.32 Å². The van der Waals surface area contributed by atoms with E-state index in [1.807, 2.05) is 0 Å². The van der Waals surface area contributed by atoms with E-state index in [0.717, 1.165) is 0 Å². The Balaban J connectivity index is 2.69. The highest BCUT2D eigenvalue weighted by atomic mass is 35.5. The minimum atomic E-state index is -0.918. The van der Waals surface area contributed by atoms with Gasteiger partial charge < -0.3 is 9.84 Å². The largest absolute Gasteiger partial charge is 0.480 e. The Bertz CT molecular complexity index is 340. The fourth-order valence-electron chi connectivity index (χ4n) is 1.31. The predicted octanol–water partition coefficient (Wildman–Crippen LogP) is 1.70. The molecule has 0 spiro atoms. The number of rotatable bonds is 6. The van der Waals surface area contributed by atoms with Crippen LogP contribution in [0.2, 0.25) is 5.02 Å². The molecule has 88 valence electrons. The molecular formula is C11H14ClNO3. The van der Waals surface area contributed by atoms with Gasteiger partial charge in [-0.05, 0) is 17.7 Å². The Morgan fingerprint density at radius 3 is 2.62 bits per heavy atom. The van der Waals surface area contributed by atoms with Crippen LogP contribution in [0.15, 0.2) is 24.3 Å². The van der Waals surface area contributed by atoms with Crippen molar-refractivity contribution in [1.82, 2.24) is 5.32 Å². The summed E-state index contributed by atoms with van der Waals surface area (Å²) >= 11 is 5.73. The zero-order valence-corrected chi connectivity index (χ0v) is 9.70. The molecule has 5 heteroatoms. The second-order valence-electron chi connectivity index (χ2n) is 3.27. The molecule has 1 atom stereocenters. The zero-order chi connectivity index (χ0) is 12.0. The van der Waals surface area contributed by atoms with E-state index in [-0.39, 0.29) is 0 Å². The van der Waals surface area contributed by atoms with E-state index >= 15 is 0 Å². The molecule has 0 fully saturated rings. The normalized spacial score (nSPS) is 12.4. The standard InChI is InChI=1S/C11H14ClNO3/c1-16-7-6-13-10(11(14)15)8-2-4-9(12)5-3-8/h2-5,10,13H,6-7H2,1H3,(H,14,15). The van der Waals surface area contributed by atoms with Gasteiger partial charge in [0.25, 0.3) is 0 Å². The SMILES string of the molecule is COCCNC(C(=O)O)c1ccc(Cl)cc1. The molecule has 0 heterocycles. The van der Waals surface area contributed by atoms with Crippen LogP contribution in [0, 0.1) is 0 Å². The maximum absolute atomic E-state index is 11.0. The highest BCUT2D eigenvalue weighted by Gasteiger charge is 2.18. The van der Waals surface area contributed by atoms with E-state index in [4.69, 9.17) is 21.4 Å². The second kappa shape index (κ2) is 6.48. The Hall–Kier alpha value is -1.10. The van der Waals surface area contributed by atoms with Crippen molar-refractivity contribution >= 4 is 17.6 Å². The van der Waals surface area contributed by atoms with Gasteiger partial charge in [0.1, 0.15) is 6.04 Å². The number of methoxy groups -OCH3 is 1. The molecular weight excluding hydrogens is 230 g/mol. The summed E-state index contributed by atoms with van der Waals surface area (Å²) in [6, 6.07) is 6.00. The van der Waals surface area contributed by atoms with Crippen LogP contribution in [0.1, 0.15) is 11.6 Å². The number of aliphatic carboxylic acids is 1. The number of halogens is 1. The van der Waals surface area contributed by atoms with Gasteiger partial charge in [-0.25, -0.2) is 0 Å². The summed E-state index contributed by atoms with van der Waals surface area (Å²) in [7, 11) is 1.57. The van der Waals surface area contributed by atoms with Crippen LogP contribution in [0.5, 0.6) is 0 Å². The maximum atomic E-state index is 11.0. The quantitative estimate of drug-likeness (QED) is 0.747. The third-order valence-electron chi connectivity index (χ3n) is 2.10. The smallest absolute Gasteiger partial charge is 0.325 e. The summed E-state index contributed by atoms with van der Waals surface area (Å²) in [5.74, 6) is -0.918. The number of nitrogens with one attached hydrogen (secondary N) is 1. The second-order valence-corrected chi connectivity index (χ2v) is 3.71. The van der Waals surface area contributed by atoms with E-state index in [9.17, 15) is 4.79 Å². The minimum Gasteiger partial charge on any atom is -0.480 e. The van der Waals surface area contributed by atoms with Crippen molar-refractivity contribution in [2.24, 2.45) is 0 Å². The van der Waals surface area contributed by atoms with E-state index in [1.165, 1.54) is 0 Å². The molecule has 0 amide bonds. The van der Waals surface area contributed by atoms with Crippen LogP contribution in [0.4, 0.5) is 0 Å². The first-order chi connectivity index (χ1) is 7.65.